The van der Waals surface area contributed by atoms with Crippen molar-refractivity contribution in [2.24, 2.45) is 0 Å². The SMILES string of the molecule is CC(C)N1CCC(c2cc(-c3ccccc3Cl)c3c(c2)N(c2c(Cl)cccc2Cl)C(=O)NC3)C1.CCO. The number of carbonyl (C=O) groups is 1. The fraction of sp³-hybridized carbons (Fsp3) is 0.345. The topological polar surface area (TPSA) is 55.8 Å². The zero-order valence-electron chi connectivity index (χ0n) is 21.3. The van der Waals surface area contributed by atoms with Gasteiger partial charge in [-0.3, -0.25) is 4.90 Å². The molecule has 3 aromatic rings. The highest BCUT2D eigenvalue weighted by Gasteiger charge is 2.33. The molecule has 0 aliphatic carbocycles. The van der Waals surface area contributed by atoms with Crippen molar-refractivity contribution in [1.82, 2.24) is 10.2 Å². The van der Waals surface area contributed by atoms with Gasteiger partial charge in [0.15, 0.2) is 0 Å². The minimum absolute atomic E-state index is 0.250. The van der Waals surface area contributed by atoms with Crippen LogP contribution in [0, 0.1) is 0 Å². The number of aliphatic hydroxyl groups excluding tert-OH is 1. The minimum atomic E-state index is -0.250. The van der Waals surface area contributed by atoms with Gasteiger partial charge in [-0.1, -0.05) is 65.1 Å². The summed E-state index contributed by atoms with van der Waals surface area (Å²) in [6, 6.07) is 17.8. The Labute approximate surface area is 233 Å². The van der Waals surface area contributed by atoms with E-state index in [1.165, 1.54) is 5.56 Å². The number of urea groups is 1. The Morgan fingerprint density at radius 1 is 1.00 bits per heavy atom. The molecule has 0 bridgehead atoms. The summed E-state index contributed by atoms with van der Waals surface area (Å²) < 4.78 is 0. The first-order valence-electron chi connectivity index (χ1n) is 12.5. The van der Waals surface area contributed by atoms with Crippen LogP contribution in [0.2, 0.25) is 15.1 Å². The van der Waals surface area contributed by atoms with E-state index in [0.717, 1.165) is 41.9 Å². The van der Waals surface area contributed by atoms with Crippen molar-refractivity contribution in [3.8, 4) is 11.1 Å². The van der Waals surface area contributed by atoms with Crippen LogP contribution in [0.3, 0.4) is 0 Å². The molecule has 2 heterocycles. The normalized spacial score (nSPS) is 17.4. The van der Waals surface area contributed by atoms with Crippen molar-refractivity contribution in [1.29, 1.82) is 0 Å². The zero-order valence-corrected chi connectivity index (χ0v) is 23.5. The fourth-order valence-electron chi connectivity index (χ4n) is 5.02. The van der Waals surface area contributed by atoms with Gasteiger partial charge in [0.2, 0.25) is 0 Å². The number of rotatable bonds is 4. The maximum atomic E-state index is 13.2. The number of amides is 2. The largest absolute Gasteiger partial charge is 0.397 e. The number of aliphatic hydroxyl groups is 1. The van der Waals surface area contributed by atoms with Crippen molar-refractivity contribution in [2.45, 2.75) is 45.7 Å². The Morgan fingerprint density at radius 3 is 2.27 bits per heavy atom. The van der Waals surface area contributed by atoms with E-state index in [1.807, 2.05) is 24.3 Å². The van der Waals surface area contributed by atoms with E-state index in [4.69, 9.17) is 39.9 Å². The van der Waals surface area contributed by atoms with Gasteiger partial charge in [0.25, 0.3) is 0 Å². The first kappa shape index (κ1) is 27.7. The van der Waals surface area contributed by atoms with Crippen LogP contribution in [0.25, 0.3) is 11.1 Å². The predicted molar refractivity (Wildman–Crippen MR) is 155 cm³/mol. The van der Waals surface area contributed by atoms with E-state index >= 15 is 0 Å². The predicted octanol–water partition coefficient (Wildman–Crippen LogP) is 7.87. The summed E-state index contributed by atoms with van der Waals surface area (Å²) in [6.45, 7) is 8.83. The lowest BCUT2D eigenvalue weighted by atomic mass is 9.88. The number of nitrogens with zero attached hydrogens (tertiary/aromatic N) is 2. The lowest BCUT2D eigenvalue weighted by molar-refractivity contribution is 0.247. The number of anilines is 2. The Hall–Kier alpha value is -2.28. The molecule has 3 aromatic carbocycles. The molecule has 5 rings (SSSR count). The van der Waals surface area contributed by atoms with Crippen molar-refractivity contribution in [3.63, 3.8) is 0 Å². The molecule has 1 unspecified atom stereocenters. The summed E-state index contributed by atoms with van der Waals surface area (Å²) in [5, 5.41) is 12.1. The quantitative estimate of drug-likeness (QED) is 0.341. The van der Waals surface area contributed by atoms with Crippen LogP contribution in [0.5, 0.6) is 0 Å². The van der Waals surface area contributed by atoms with Crippen molar-refractivity contribution >= 4 is 52.2 Å². The van der Waals surface area contributed by atoms with E-state index in [-0.39, 0.29) is 12.6 Å². The van der Waals surface area contributed by atoms with Crippen LogP contribution < -0.4 is 10.2 Å². The number of likely N-dealkylation sites (tertiary alicyclic amines) is 1. The number of benzene rings is 3. The van der Waals surface area contributed by atoms with Gasteiger partial charge in [0, 0.05) is 41.9 Å². The molecule has 0 aromatic heterocycles. The number of hydrogen-bond acceptors (Lipinski definition) is 3. The third-order valence-corrected chi connectivity index (χ3v) is 7.80. The third kappa shape index (κ3) is 5.76. The Morgan fingerprint density at radius 2 is 1.65 bits per heavy atom. The number of nitrogens with one attached hydrogen (secondary N) is 1. The van der Waals surface area contributed by atoms with E-state index in [1.54, 1.807) is 30.0 Å². The van der Waals surface area contributed by atoms with E-state index in [9.17, 15) is 4.79 Å². The highest BCUT2D eigenvalue weighted by atomic mass is 35.5. The maximum absolute atomic E-state index is 13.2. The monoisotopic (exact) mass is 559 g/mol. The summed E-state index contributed by atoms with van der Waals surface area (Å²) in [5.74, 6) is 0.363. The first-order valence-corrected chi connectivity index (χ1v) is 13.7. The molecule has 2 aliphatic rings. The summed E-state index contributed by atoms with van der Waals surface area (Å²) in [4.78, 5) is 17.3. The van der Waals surface area contributed by atoms with Gasteiger partial charge in [-0.15, -0.1) is 0 Å². The lowest BCUT2D eigenvalue weighted by Gasteiger charge is -2.34. The molecule has 37 heavy (non-hydrogen) atoms. The van der Waals surface area contributed by atoms with Crippen LogP contribution in [-0.4, -0.2) is 41.8 Å². The second-order valence-corrected chi connectivity index (χ2v) is 10.7. The number of carbonyl (C=O) groups excluding carboxylic acids is 1. The second-order valence-electron chi connectivity index (χ2n) is 9.50. The van der Waals surface area contributed by atoms with Crippen molar-refractivity contribution in [2.75, 3.05) is 24.6 Å². The molecule has 2 N–H and O–H groups in total. The standard InChI is InChI=1S/C27H26Cl3N3O.C2H6O/c1-16(2)32-11-10-17(15-32)18-12-20(19-6-3-4-7-22(19)28)21-14-31-27(34)33(25(21)13-18)26-23(29)8-5-9-24(26)30;1-2-3/h3-9,12-13,16-17H,10-11,14-15H2,1-2H3,(H,31,34);3H,2H2,1H3. The molecule has 0 radical (unpaired) electrons. The highest BCUT2D eigenvalue weighted by molar-refractivity contribution is 6.40. The molecule has 1 atom stereocenters. The molecule has 0 saturated carbocycles. The van der Waals surface area contributed by atoms with Gasteiger partial charge in [0.05, 0.1) is 21.4 Å². The fourth-order valence-corrected chi connectivity index (χ4v) is 5.83. The Balaban J connectivity index is 0.00000102. The first-order chi connectivity index (χ1) is 17.8. The molecular weight excluding hydrogens is 529 g/mol. The molecule has 1 fully saturated rings. The van der Waals surface area contributed by atoms with E-state index < -0.39 is 0 Å². The zero-order chi connectivity index (χ0) is 26.7. The van der Waals surface area contributed by atoms with Crippen molar-refractivity contribution < 1.29 is 9.90 Å². The number of para-hydroxylation sites is 1. The summed E-state index contributed by atoms with van der Waals surface area (Å²) >= 11 is 19.8. The number of hydrogen-bond donors (Lipinski definition) is 2. The third-order valence-electron chi connectivity index (χ3n) is 6.86. The number of fused-ring (bicyclic) bond motifs is 1. The molecule has 2 aliphatic heterocycles. The lowest BCUT2D eigenvalue weighted by Crippen LogP contribution is -2.41. The smallest absolute Gasteiger partial charge is 0.326 e. The van der Waals surface area contributed by atoms with Gasteiger partial charge in [-0.25, -0.2) is 4.79 Å². The van der Waals surface area contributed by atoms with Gasteiger partial charge >= 0.3 is 6.03 Å². The molecule has 8 heteroatoms. The summed E-state index contributed by atoms with van der Waals surface area (Å²) in [6.07, 6.45) is 1.07. The van der Waals surface area contributed by atoms with Crippen LogP contribution >= 0.6 is 34.8 Å². The molecular formula is C29H32Cl3N3O2. The van der Waals surface area contributed by atoms with Gasteiger partial charge in [-0.05, 0) is 75.0 Å². The second kappa shape index (κ2) is 12.1. The van der Waals surface area contributed by atoms with Gasteiger partial charge in [0.1, 0.15) is 0 Å². The minimum Gasteiger partial charge on any atom is -0.397 e. The summed E-state index contributed by atoms with van der Waals surface area (Å²) in [5.41, 5.74) is 5.44. The van der Waals surface area contributed by atoms with Crippen LogP contribution in [0.4, 0.5) is 16.2 Å². The average Bonchev–Trinajstić information content (AvgIpc) is 3.36. The van der Waals surface area contributed by atoms with E-state index in [0.29, 0.717) is 39.3 Å². The molecule has 5 nitrogen and oxygen atoms in total. The number of halogens is 3. The van der Waals surface area contributed by atoms with Gasteiger partial charge in [-0.2, -0.15) is 0 Å². The average molecular weight is 561 g/mol. The van der Waals surface area contributed by atoms with E-state index in [2.05, 4.69) is 36.2 Å². The molecule has 196 valence electrons. The van der Waals surface area contributed by atoms with Crippen LogP contribution in [0.15, 0.2) is 54.6 Å². The van der Waals surface area contributed by atoms with Crippen molar-refractivity contribution in [3.05, 3.63) is 80.8 Å². The Kier molecular flexibility index (Phi) is 9.04. The highest BCUT2D eigenvalue weighted by Crippen LogP contribution is 2.46. The summed E-state index contributed by atoms with van der Waals surface area (Å²) in [7, 11) is 0. The van der Waals surface area contributed by atoms with Crippen LogP contribution in [0.1, 0.15) is 44.2 Å². The Bertz CT molecular complexity index is 1260. The molecule has 1 saturated heterocycles. The molecule has 0 spiro atoms. The maximum Gasteiger partial charge on any atom is 0.326 e. The molecule has 2 amide bonds. The van der Waals surface area contributed by atoms with Crippen LogP contribution in [-0.2, 0) is 6.54 Å². The van der Waals surface area contributed by atoms with Gasteiger partial charge < -0.3 is 15.3 Å².